The predicted molar refractivity (Wildman–Crippen MR) is 109 cm³/mol. The van der Waals surface area contributed by atoms with Crippen molar-refractivity contribution in [3.05, 3.63) is 78.8 Å². The SMILES string of the molecule is c1ccc(-n2c(Cn3nccn3)nnc2C2CCN(c3ccccn3)CC2)cc1. The number of nitrogens with zero attached hydrogens (tertiary/aromatic N) is 8. The van der Waals surface area contributed by atoms with E-state index >= 15 is 0 Å². The van der Waals surface area contributed by atoms with Crippen LogP contribution in [0, 0.1) is 0 Å². The number of anilines is 1. The summed E-state index contributed by atoms with van der Waals surface area (Å²) in [7, 11) is 0. The van der Waals surface area contributed by atoms with E-state index in [4.69, 9.17) is 0 Å². The molecule has 1 aliphatic rings. The quantitative estimate of drug-likeness (QED) is 0.525. The summed E-state index contributed by atoms with van der Waals surface area (Å²) in [6.07, 6.45) is 7.24. The van der Waals surface area contributed by atoms with E-state index in [-0.39, 0.29) is 0 Å². The molecule has 0 radical (unpaired) electrons. The van der Waals surface area contributed by atoms with Gasteiger partial charge in [-0.25, -0.2) is 4.98 Å². The number of pyridine rings is 1. The Labute approximate surface area is 168 Å². The Morgan fingerprint density at radius 2 is 1.59 bits per heavy atom. The van der Waals surface area contributed by atoms with Gasteiger partial charge in [-0.3, -0.25) is 4.57 Å². The second-order valence-corrected chi connectivity index (χ2v) is 7.15. The first-order chi connectivity index (χ1) is 14.4. The summed E-state index contributed by atoms with van der Waals surface area (Å²) in [5.74, 6) is 3.25. The summed E-state index contributed by atoms with van der Waals surface area (Å²) >= 11 is 0. The fourth-order valence-electron chi connectivity index (χ4n) is 3.91. The highest BCUT2D eigenvalue weighted by Gasteiger charge is 2.27. The molecular formula is C21H22N8. The van der Waals surface area contributed by atoms with E-state index in [9.17, 15) is 0 Å². The highest BCUT2D eigenvalue weighted by molar-refractivity contribution is 5.39. The molecule has 8 heteroatoms. The van der Waals surface area contributed by atoms with E-state index < -0.39 is 0 Å². The molecule has 3 aromatic heterocycles. The topological polar surface area (TPSA) is 77.5 Å². The van der Waals surface area contributed by atoms with E-state index in [0.29, 0.717) is 12.5 Å². The molecule has 0 bridgehead atoms. The molecular weight excluding hydrogens is 364 g/mol. The lowest BCUT2D eigenvalue weighted by Gasteiger charge is -2.32. The zero-order valence-corrected chi connectivity index (χ0v) is 16.0. The third-order valence-corrected chi connectivity index (χ3v) is 5.35. The first-order valence-corrected chi connectivity index (χ1v) is 9.88. The highest BCUT2D eigenvalue weighted by atomic mass is 15.5. The van der Waals surface area contributed by atoms with Crippen molar-refractivity contribution in [2.75, 3.05) is 18.0 Å². The molecule has 0 saturated carbocycles. The van der Waals surface area contributed by atoms with Crippen LogP contribution in [-0.4, -0.2) is 47.8 Å². The Morgan fingerprint density at radius 1 is 0.828 bits per heavy atom. The molecule has 146 valence electrons. The Morgan fingerprint density at radius 3 is 2.31 bits per heavy atom. The lowest BCUT2D eigenvalue weighted by atomic mass is 9.95. The van der Waals surface area contributed by atoms with Crippen molar-refractivity contribution in [2.24, 2.45) is 0 Å². The molecule has 1 aromatic carbocycles. The van der Waals surface area contributed by atoms with Crippen LogP contribution in [0.1, 0.15) is 30.4 Å². The van der Waals surface area contributed by atoms with Crippen molar-refractivity contribution in [1.82, 2.24) is 34.7 Å². The van der Waals surface area contributed by atoms with E-state index in [1.807, 2.05) is 36.5 Å². The molecule has 0 unspecified atom stereocenters. The van der Waals surface area contributed by atoms with Crippen molar-refractivity contribution in [2.45, 2.75) is 25.3 Å². The van der Waals surface area contributed by atoms with Crippen molar-refractivity contribution in [3.63, 3.8) is 0 Å². The predicted octanol–water partition coefficient (Wildman–Crippen LogP) is 2.69. The van der Waals surface area contributed by atoms with Crippen LogP contribution >= 0.6 is 0 Å². The zero-order chi connectivity index (χ0) is 19.5. The van der Waals surface area contributed by atoms with E-state index in [1.165, 1.54) is 0 Å². The third-order valence-electron chi connectivity index (χ3n) is 5.35. The van der Waals surface area contributed by atoms with Crippen LogP contribution in [0.5, 0.6) is 0 Å². The van der Waals surface area contributed by atoms with Gasteiger partial charge in [0.2, 0.25) is 0 Å². The number of hydrogen-bond donors (Lipinski definition) is 0. The van der Waals surface area contributed by atoms with Gasteiger partial charge in [-0.1, -0.05) is 24.3 Å². The minimum atomic E-state index is 0.349. The summed E-state index contributed by atoms with van der Waals surface area (Å²) in [5.41, 5.74) is 1.07. The van der Waals surface area contributed by atoms with Crippen molar-refractivity contribution < 1.29 is 0 Å². The van der Waals surface area contributed by atoms with Crippen LogP contribution in [0.3, 0.4) is 0 Å². The molecule has 1 saturated heterocycles. The molecule has 1 fully saturated rings. The van der Waals surface area contributed by atoms with Crippen molar-refractivity contribution in [1.29, 1.82) is 0 Å². The Kier molecular flexibility index (Phi) is 4.73. The summed E-state index contributed by atoms with van der Waals surface area (Å²) < 4.78 is 2.17. The molecule has 1 aliphatic heterocycles. The number of hydrogen-bond acceptors (Lipinski definition) is 6. The summed E-state index contributed by atoms with van der Waals surface area (Å²) in [5, 5.41) is 17.6. The number of benzene rings is 1. The maximum Gasteiger partial charge on any atom is 0.161 e. The highest BCUT2D eigenvalue weighted by Crippen LogP contribution is 2.30. The fraction of sp³-hybridized carbons (Fsp3) is 0.286. The van der Waals surface area contributed by atoms with Gasteiger partial charge in [0.05, 0.1) is 12.4 Å². The number of aromatic nitrogens is 7. The Hall–Kier alpha value is -3.55. The van der Waals surface area contributed by atoms with Gasteiger partial charge < -0.3 is 4.90 Å². The molecule has 29 heavy (non-hydrogen) atoms. The summed E-state index contributed by atoms with van der Waals surface area (Å²) in [6, 6.07) is 16.4. The molecule has 0 atom stereocenters. The second kappa shape index (κ2) is 7.83. The monoisotopic (exact) mass is 386 g/mol. The van der Waals surface area contributed by atoms with Gasteiger partial charge in [0.1, 0.15) is 18.2 Å². The average Bonchev–Trinajstić information content (AvgIpc) is 3.46. The molecule has 8 nitrogen and oxygen atoms in total. The van der Waals surface area contributed by atoms with Gasteiger partial charge in [0.25, 0.3) is 0 Å². The first kappa shape index (κ1) is 17.5. The van der Waals surface area contributed by atoms with Crippen LogP contribution in [0.15, 0.2) is 67.1 Å². The number of rotatable bonds is 5. The molecule has 4 heterocycles. The summed E-state index contributed by atoms with van der Waals surface area (Å²) in [6.45, 7) is 2.40. The fourth-order valence-corrected chi connectivity index (χ4v) is 3.91. The zero-order valence-electron chi connectivity index (χ0n) is 16.0. The lowest BCUT2D eigenvalue weighted by Crippen LogP contribution is -2.34. The minimum absolute atomic E-state index is 0.349. The molecule has 4 aromatic rings. The molecule has 0 aliphatic carbocycles. The van der Waals surface area contributed by atoms with Crippen LogP contribution < -0.4 is 4.90 Å². The third kappa shape index (κ3) is 3.61. The Balaban J connectivity index is 1.42. The molecule has 0 spiro atoms. The van der Waals surface area contributed by atoms with Crippen molar-refractivity contribution in [3.8, 4) is 5.69 Å². The number of piperidine rings is 1. The van der Waals surface area contributed by atoms with E-state index in [0.717, 1.165) is 49.1 Å². The van der Waals surface area contributed by atoms with Crippen LogP contribution in [0.25, 0.3) is 5.69 Å². The maximum atomic E-state index is 4.60. The van der Waals surface area contributed by atoms with E-state index in [1.54, 1.807) is 17.2 Å². The Bertz CT molecular complexity index is 1040. The van der Waals surface area contributed by atoms with Crippen LogP contribution in [0.4, 0.5) is 5.82 Å². The second-order valence-electron chi connectivity index (χ2n) is 7.15. The van der Waals surface area contributed by atoms with Crippen molar-refractivity contribution >= 4 is 5.82 Å². The largest absolute Gasteiger partial charge is 0.357 e. The van der Waals surface area contributed by atoms with Gasteiger partial charge in [-0.05, 0) is 37.1 Å². The smallest absolute Gasteiger partial charge is 0.161 e. The van der Waals surface area contributed by atoms with Crippen LogP contribution in [-0.2, 0) is 6.54 Å². The number of para-hydroxylation sites is 1. The van der Waals surface area contributed by atoms with Gasteiger partial charge in [0, 0.05) is 30.9 Å². The standard InChI is InChI=1S/C21H22N8/c1-2-6-18(7-3-1)29-20(16-28-23-12-13-24-28)25-26-21(29)17-9-14-27(15-10-17)19-8-4-5-11-22-19/h1-8,11-13,17H,9-10,14-16H2. The normalized spacial score (nSPS) is 15.0. The minimum Gasteiger partial charge on any atom is -0.357 e. The maximum absolute atomic E-state index is 4.60. The van der Waals surface area contributed by atoms with Gasteiger partial charge in [-0.2, -0.15) is 15.0 Å². The molecule has 5 rings (SSSR count). The van der Waals surface area contributed by atoms with Crippen LogP contribution in [0.2, 0.25) is 0 Å². The molecule has 0 amide bonds. The van der Waals surface area contributed by atoms with E-state index in [2.05, 4.69) is 53.0 Å². The van der Waals surface area contributed by atoms with Gasteiger partial charge >= 0.3 is 0 Å². The average molecular weight is 386 g/mol. The summed E-state index contributed by atoms with van der Waals surface area (Å²) in [4.78, 5) is 8.46. The van der Waals surface area contributed by atoms with Gasteiger partial charge in [0.15, 0.2) is 5.82 Å². The van der Waals surface area contributed by atoms with Gasteiger partial charge in [-0.15, -0.1) is 10.2 Å². The lowest BCUT2D eigenvalue weighted by molar-refractivity contribution is 0.475. The molecule has 0 N–H and O–H groups in total. The first-order valence-electron chi connectivity index (χ1n) is 9.88.